The maximum absolute atomic E-state index is 13.2. The molecule has 30 heavy (non-hydrogen) atoms. The molecule has 0 bridgehead atoms. The van der Waals surface area contributed by atoms with E-state index in [2.05, 4.69) is 5.32 Å². The Labute approximate surface area is 179 Å². The van der Waals surface area contributed by atoms with Crippen LogP contribution in [0, 0.1) is 6.92 Å². The third-order valence-electron chi connectivity index (χ3n) is 5.08. The van der Waals surface area contributed by atoms with Crippen LogP contribution in [0.3, 0.4) is 0 Å². The number of carbonyl (C=O) groups is 1. The van der Waals surface area contributed by atoms with Gasteiger partial charge >= 0.3 is 0 Å². The number of phenolic OH excluding ortho intramolecular Hbond substituents is 2. The fraction of sp³-hybridized carbons (Fsp3) is 0.0800. The van der Waals surface area contributed by atoms with Crippen LogP contribution in [0.1, 0.15) is 37.8 Å². The average molecular weight is 416 g/mol. The number of rotatable bonds is 5. The van der Waals surface area contributed by atoms with E-state index in [1.165, 1.54) is 0 Å². The number of amides is 1. The first-order valence-corrected chi connectivity index (χ1v) is 10.4. The van der Waals surface area contributed by atoms with E-state index >= 15 is 0 Å². The number of aryl methyl sites for hydroxylation is 1. The Kier molecular flexibility index (Phi) is 5.55. The van der Waals surface area contributed by atoms with Crippen LogP contribution in [0.4, 0.5) is 5.69 Å². The lowest BCUT2D eigenvalue weighted by atomic mass is 9.82. The highest BCUT2D eigenvalue weighted by molar-refractivity contribution is 7.10. The van der Waals surface area contributed by atoms with E-state index in [1.807, 2.05) is 66.9 Å². The molecule has 0 aliphatic heterocycles. The molecule has 5 heteroatoms. The number of thiophene rings is 1. The smallest absolute Gasteiger partial charge is 0.256 e. The van der Waals surface area contributed by atoms with Crippen LogP contribution in [0.15, 0.2) is 84.2 Å². The highest BCUT2D eigenvalue weighted by Gasteiger charge is 2.23. The predicted molar refractivity (Wildman–Crippen MR) is 121 cm³/mol. The Morgan fingerprint density at radius 1 is 0.833 bits per heavy atom. The van der Waals surface area contributed by atoms with Crippen LogP contribution < -0.4 is 5.32 Å². The Morgan fingerprint density at radius 2 is 1.40 bits per heavy atom. The van der Waals surface area contributed by atoms with Crippen molar-refractivity contribution >= 4 is 22.9 Å². The largest absolute Gasteiger partial charge is 0.508 e. The van der Waals surface area contributed by atoms with Gasteiger partial charge in [0.15, 0.2) is 0 Å². The van der Waals surface area contributed by atoms with Crippen molar-refractivity contribution in [3.05, 3.63) is 111 Å². The first-order chi connectivity index (χ1) is 14.5. The van der Waals surface area contributed by atoms with Gasteiger partial charge < -0.3 is 15.5 Å². The molecule has 0 unspecified atom stereocenters. The third-order valence-corrected chi connectivity index (χ3v) is 5.92. The van der Waals surface area contributed by atoms with Gasteiger partial charge in [-0.2, -0.15) is 0 Å². The summed E-state index contributed by atoms with van der Waals surface area (Å²) < 4.78 is 0. The monoisotopic (exact) mass is 415 g/mol. The van der Waals surface area contributed by atoms with Crippen molar-refractivity contribution in [3.63, 3.8) is 0 Å². The van der Waals surface area contributed by atoms with Crippen molar-refractivity contribution in [3.8, 4) is 11.5 Å². The van der Waals surface area contributed by atoms with Gasteiger partial charge in [0.2, 0.25) is 0 Å². The van der Waals surface area contributed by atoms with Crippen LogP contribution in [0.2, 0.25) is 0 Å². The first kappa shape index (κ1) is 19.7. The molecule has 0 radical (unpaired) electrons. The molecule has 1 aromatic heterocycles. The van der Waals surface area contributed by atoms with Gasteiger partial charge in [-0.15, -0.1) is 11.3 Å². The fourth-order valence-corrected chi connectivity index (χ4v) is 4.20. The molecule has 150 valence electrons. The van der Waals surface area contributed by atoms with E-state index in [4.69, 9.17) is 0 Å². The van der Waals surface area contributed by atoms with Crippen molar-refractivity contribution < 1.29 is 15.0 Å². The molecular formula is C25H21NO3S. The molecule has 4 nitrogen and oxygen atoms in total. The summed E-state index contributed by atoms with van der Waals surface area (Å²) in [7, 11) is 0. The SMILES string of the molecule is Cc1sccc1NC(=O)c1ccccc1C(c1ccc(O)cc1)c1ccc(O)cc1. The topological polar surface area (TPSA) is 69.6 Å². The minimum Gasteiger partial charge on any atom is -0.508 e. The molecule has 0 spiro atoms. The second kappa shape index (κ2) is 8.43. The summed E-state index contributed by atoms with van der Waals surface area (Å²) in [6, 6.07) is 23.4. The van der Waals surface area contributed by atoms with Gasteiger partial charge in [-0.25, -0.2) is 0 Å². The highest BCUT2D eigenvalue weighted by atomic mass is 32.1. The Balaban J connectivity index is 1.81. The van der Waals surface area contributed by atoms with Gasteiger partial charge in [0.1, 0.15) is 11.5 Å². The summed E-state index contributed by atoms with van der Waals surface area (Å²) >= 11 is 1.59. The molecule has 0 saturated carbocycles. The van der Waals surface area contributed by atoms with Crippen molar-refractivity contribution in [1.82, 2.24) is 0 Å². The third kappa shape index (κ3) is 4.07. The lowest BCUT2D eigenvalue weighted by Gasteiger charge is -2.22. The molecule has 4 rings (SSSR count). The van der Waals surface area contributed by atoms with Crippen molar-refractivity contribution in [2.24, 2.45) is 0 Å². The molecule has 1 amide bonds. The quantitative estimate of drug-likeness (QED) is 0.355. The van der Waals surface area contributed by atoms with Gasteiger partial charge in [-0.3, -0.25) is 4.79 Å². The fourth-order valence-electron chi connectivity index (χ4n) is 3.54. The number of hydrogen-bond donors (Lipinski definition) is 3. The molecule has 1 heterocycles. The zero-order valence-electron chi connectivity index (χ0n) is 16.4. The van der Waals surface area contributed by atoms with E-state index in [1.54, 1.807) is 35.6 Å². The van der Waals surface area contributed by atoms with Crippen molar-refractivity contribution in [1.29, 1.82) is 0 Å². The number of benzene rings is 3. The van der Waals surface area contributed by atoms with Crippen molar-refractivity contribution in [2.45, 2.75) is 12.8 Å². The maximum Gasteiger partial charge on any atom is 0.256 e. The van der Waals surface area contributed by atoms with Crippen LogP contribution in [0.5, 0.6) is 11.5 Å². The number of hydrogen-bond acceptors (Lipinski definition) is 4. The van der Waals surface area contributed by atoms with Gasteiger partial charge in [-0.05, 0) is 65.4 Å². The van der Waals surface area contributed by atoms with Gasteiger partial charge in [-0.1, -0.05) is 42.5 Å². The van der Waals surface area contributed by atoms with E-state index in [9.17, 15) is 15.0 Å². The van der Waals surface area contributed by atoms with Crippen LogP contribution in [-0.4, -0.2) is 16.1 Å². The van der Waals surface area contributed by atoms with Crippen LogP contribution in [0.25, 0.3) is 0 Å². The molecule has 0 fully saturated rings. The molecule has 0 aliphatic rings. The van der Waals surface area contributed by atoms with E-state index in [-0.39, 0.29) is 23.3 Å². The average Bonchev–Trinajstić information content (AvgIpc) is 3.15. The number of nitrogens with one attached hydrogen (secondary N) is 1. The minimum absolute atomic E-state index is 0.172. The van der Waals surface area contributed by atoms with E-state index in [0.29, 0.717) is 5.56 Å². The summed E-state index contributed by atoms with van der Waals surface area (Å²) in [6.07, 6.45) is 0. The number of aromatic hydroxyl groups is 2. The van der Waals surface area contributed by atoms with Gasteiger partial charge in [0.25, 0.3) is 5.91 Å². The minimum atomic E-state index is -0.239. The van der Waals surface area contributed by atoms with Crippen molar-refractivity contribution in [2.75, 3.05) is 5.32 Å². The Morgan fingerprint density at radius 3 is 1.93 bits per heavy atom. The molecule has 3 N–H and O–H groups in total. The number of carbonyl (C=O) groups excluding carboxylic acids is 1. The van der Waals surface area contributed by atoms with E-state index < -0.39 is 0 Å². The summed E-state index contributed by atoms with van der Waals surface area (Å²) in [6.45, 7) is 1.97. The molecule has 3 aromatic carbocycles. The molecular weight excluding hydrogens is 394 g/mol. The summed E-state index contributed by atoms with van der Waals surface area (Å²) in [4.78, 5) is 14.2. The molecule has 0 atom stereocenters. The van der Waals surface area contributed by atoms with Gasteiger partial charge in [0, 0.05) is 16.4 Å². The lowest BCUT2D eigenvalue weighted by molar-refractivity contribution is 0.102. The first-order valence-electron chi connectivity index (χ1n) is 9.55. The van der Waals surface area contributed by atoms with Crippen LogP contribution in [-0.2, 0) is 0 Å². The second-order valence-corrected chi connectivity index (χ2v) is 8.17. The summed E-state index contributed by atoms with van der Waals surface area (Å²) in [5.74, 6) is -0.0456. The van der Waals surface area contributed by atoms with Gasteiger partial charge in [0.05, 0.1) is 5.69 Å². The molecule has 4 aromatic rings. The zero-order valence-corrected chi connectivity index (χ0v) is 17.2. The lowest BCUT2D eigenvalue weighted by Crippen LogP contribution is -2.17. The molecule has 0 aliphatic carbocycles. The highest BCUT2D eigenvalue weighted by Crippen LogP contribution is 2.35. The Hall–Kier alpha value is -3.57. The van der Waals surface area contributed by atoms with Crippen LogP contribution >= 0.6 is 11.3 Å². The van der Waals surface area contributed by atoms with E-state index in [0.717, 1.165) is 27.3 Å². The number of phenols is 2. The summed E-state index contributed by atoms with van der Waals surface area (Å²) in [5.41, 5.74) is 4.11. The predicted octanol–water partition coefficient (Wildman–Crippen LogP) is 5.90. The summed E-state index contributed by atoms with van der Waals surface area (Å²) in [5, 5.41) is 24.4. The normalized spacial score (nSPS) is 10.9. The standard InChI is InChI=1S/C25H21NO3S/c1-16-23(14-15-30-16)26-25(29)22-5-3-2-4-21(22)24(17-6-10-19(27)11-7-17)18-8-12-20(28)13-9-18/h2-15,24,27-28H,1H3,(H,26,29). The molecule has 0 saturated heterocycles. The zero-order chi connectivity index (χ0) is 21.1. The Bertz CT molecular complexity index is 1120. The maximum atomic E-state index is 13.2. The number of anilines is 1. The second-order valence-electron chi connectivity index (χ2n) is 7.05.